The topological polar surface area (TPSA) is 114 Å². The number of esters is 1. The third-order valence-corrected chi connectivity index (χ3v) is 6.88. The molecule has 1 aliphatic heterocycles. The summed E-state index contributed by atoms with van der Waals surface area (Å²) in [6.45, 7) is 0.634. The summed E-state index contributed by atoms with van der Waals surface area (Å²) in [5.74, 6) is -2.62. The van der Waals surface area contributed by atoms with Gasteiger partial charge in [0.05, 0.1) is 12.2 Å². The van der Waals surface area contributed by atoms with Crippen LogP contribution in [0.15, 0.2) is 48.5 Å². The molecule has 1 unspecified atom stereocenters. The monoisotopic (exact) mass is 534 g/mol. The first-order valence-electron chi connectivity index (χ1n) is 10.9. The molecule has 36 heavy (non-hydrogen) atoms. The van der Waals surface area contributed by atoms with E-state index in [1.165, 1.54) is 11.0 Å². The molecule has 0 spiro atoms. The number of carbonyl (C=O) groups excluding carboxylic acids is 3. The summed E-state index contributed by atoms with van der Waals surface area (Å²) in [4.78, 5) is 39.3. The number of benzene rings is 2. The average Bonchev–Trinajstić information content (AvgIpc) is 3.26. The first kappa shape index (κ1) is 25.4. The third kappa shape index (κ3) is 5.92. The number of ether oxygens (including phenoxy) is 1. The Morgan fingerprint density at radius 3 is 2.44 bits per heavy atom. The van der Waals surface area contributed by atoms with E-state index in [0.29, 0.717) is 29.3 Å². The molecule has 188 valence electrons. The molecule has 8 nitrogen and oxygen atoms in total. The summed E-state index contributed by atoms with van der Waals surface area (Å²) in [6, 6.07) is 10.0. The van der Waals surface area contributed by atoms with Crippen LogP contribution in [0.3, 0.4) is 0 Å². The van der Waals surface area contributed by atoms with Gasteiger partial charge in [-0.2, -0.15) is 0 Å². The fourth-order valence-corrected chi connectivity index (χ4v) is 4.84. The lowest BCUT2D eigenvalue weighted by Gasteiger charge is -2.31. The summed E-state index contributed by atoms with van der Waals surface area (Å²) in [5.41, 5.74) is 5.54. The van der Waals surface area contributed by atoms with Gasteiger partial charge >= 0.3 is 18.0 Å². The standard InChI is InChI=1S/C24H21ClF2N4O4S/c25-14-8-6-13(7-9-14)19-11-18(29-24(34)30-20-16(26)4-1-5-17(20)27)21(36-19)22(32)35-15-3-2-10-31(12-15)23(28)33/h1,4-9,11,15H,2-3,10,12H2,(H2,28,33)(H2,29,30,34). The van der Waals surface area contributed by atoms with Crippen molar-refractivity contribution in [2.24, 2.45) is 5.73 Å². The first-order chi connectivity index (χ1) is 17.2. The minimum atomic E-state index is -0.953. The maximum atomic E-state index is 14.0. The number of thiophene rings is 1. The molecule has 2 aromatic carbocycles. The molecule has 12 heteroatoms. The number of nitrogens with one attached hydrogen (secondary N) is 2. The molecule has 0 radical (unpaired) electrons. The number of likely N-dealkylation sites (tertiary alicyclic amines) is 1. The SMILES string of the molecule is NC(=O)N1CCCC(OC(=O)c2sc(-c3ccc(Cl)cc3)cc2NC(=O)Nc2c(F)cccc2F)C1. The molecule has 1 atom stereocenters. The van der Waals surface area contributed by atoms with Crippen LogP contribution < -0.4 is 16.4 Å². The molecular weight excluding hydrogens is 514 g/mol. The van der Waals surface area contributed by atoms with Gasteiger partial charge in [0, 0.05) is 16.4 Å². The van der Waals surface area contributed by atoms with Gasteiger partial charge in [-0.3, -0.25) is 0 Å². The summed E-state index contributed by atoms with van der Waals surface area (Å²) >= 11 is 7.03. The van der Waals surface area contributed by atoms with Crippen molar-refractivity contribution in [3.05, 3.63) is 70.1 Å². The van der Waals surface area contributed by atoms with Crippen molar-refractivity contribution in [3.63, 3.8) is 0 Å². The highest BCUT2D eigenvalue weighted by Crippen LogP contribution is 2.36. The highest BCUT2D eigenvalue weighted by molar-refractivity contribution is 7.18. The largest absolute Gasteiger partial charge is 0.456 e. The van der Waals surface area contributed by atoms with Crippen molar-refractivity contribution in [1.29, 1.82) is 0 Å². The Morgan fingerprint density at radius 2 is 1.78 bits per heavy atom. The van der Waals surface area contributed by atoms with E-state index in [4.69, 9.17) is 22.1 Å². The van der Waals surface area contributed by atoms with Gasteiger partial charge in [0.1, 0.15) is 28.3 Å². The third-order valence-electron chi connectivity index (χ3n) is 5.46. The highest BCUT2D eigenvalue weighted by atomic mass is 35.5. The minimum absolute atomic E-state index is 0.0697. The van der Waals surface area contributed by atoms with E-state index in [1.807, 2.05) is 0 Å². The number of anilines is 2. The molecule has 1 aliphatic rings. The number of hydrogen-bond acceptors (Lipinski definition) is 5. The Hall–Kier alpha value is -3.70. The number of nitrogens with two attached hydrogens (primary N) is 1. The van der Waals surface area contributed by atoms with Gasteiger partial charge in [0.25, 0.3) is 0 Å². The zero-order chi connectivity index (χ0) is 25.8. The molecule has 1 aromatic heterocycles. The number of para-hydroxylation sites is 1. The highest BCUT2D eigenvalue weighted by Gasteiger charge is 2.28. The number of hydrogen-bond donors (Lipinski definition) is 3. The summed E-state index contributed by atoms with van der Waals surface area (Å²) < 4.78 is 33.5. The van der Waals surface area contributed by atoms with Crippen LogP contribution in [0.1, 0.15) is 22.5 Å². The van der Waals surface area contributed by atoms with Crippen LogP contribution in [-0.2, 0) is 4.74 Å². The number of halogens is 3. The molecule has 4 rings (SSSR count). The fraction of sp³-hybridized carbons (Fsp3) is 0.208. The lowest BCUT2D eigenvalue weighted by Crippen LogP contribution is -2.46. The van der Waals surface area contributed by atoms with Gasteiger partial charge in [-0.1, -0.05) is 29.8 Å². The van der Waals surface area contributed by atoms with Crippen molar-refractivity contribution < 1.29 is 27.9 Å². The van der Waals surface area contributed by atoms with E-state index in [9.17, 15) is 23.2 Å². The number of carbonyl (C=O) groups is 3. The summed E-state index contributed by atoms with van der Waals surface area (Å²) in [6.07, 6.45) is 0.582. The average molecular weight is 535 g/mol. The van der Waals surface area contributed by atoms with Gasteiger partial charge in [-0.15, -0.1) is 11.3 Å². The molecule has 3 aromatic rings. The Labute approximate surface area is 214 Å². The van der Waals surface area contributed by atoms with Crippen LogP contribution in [0.25, 0.3) is 10.4 Å². The van der Waals surface area contributed by atoms with Crippen molar-refractivity contribution in [1.82, 2.24) is 4.90 Å². The zero-order valence-corrected chi connectivity index (χ0v) is 20.3. The van der Waals surface area contributed by atoms with Gasteiger partial charge in [0.15, 0.2) is 0 Å². The zero-order valence-electron chi connectivity index (χ0n) is 18.7. The maximum Gasteiger partial charge on any atom is 0.350 e. The number of primary amides is 1. The number of nitrogens with zero attached hydrogens (tertiary/aromatic N) is 1. The Morgan fingerprint density at radius 1 is 1.08 bits per heavy atom. The summed E-state index contributed by atoms with van der Waals surface area (Å²) in [7, 11) is 0. The van der Waals surface area contributed by atoms with Crippen molar-refractivity contribution in [3.8, 4) is 10.4 Å². The molecule has 4 amide bonds. The van der Waals surface area contributed by atoms with Gasteiger partial charge in [-0.05, 0) is 48.7 Å². The Bertz CT molecular complexity index is 1280. The minimum Gasteiger partial charge on any atom is -0.456 e. The van der Waals surface area contributed by atoms with Gasteiger partial charge < -0.3 is 26.0 Å². The van der Waals surface area contributed by atoms with Crippen LogP contribution >= 0.6 is 22.9 Å². The van der Waals surface area contributed by atoms with E-state index in [2.05, 4.69) is 10.6 Å². The van der Waals surface area contributed by atoms with E-state index < -0.39 is 41.5 Å². The second kappa shape index (κ2) is 10.9. The smallest absolute Gasteiger partial charge is 0.350 e. The lowest BCUT2D eigenvalue weighted by molar-refractivity contribution is 0.0134. The van der Waals surface area contributed by atoms with Crippen LogP contribution in [0.5, 0.6) is 0 Å². The van der Waals surface area contributed by atoms with E-state index in [-0.39, 0.29) is 17.1 Å². The molecule has 0 saturated carbocycles. The maximum absolute atomic E-state index is 14.0. The quantitative estimate of drug-likeness (QED) is 0.365. The van der Waals surface area contributed by atoms with E-state index in [1.54, 1.807) is 30.3 Å². The van der Waals surface area contributed by atoms with Crippen molar-refractivity contribution in [2.75, 3.05) is 23.7 Å². The van der Waals surface area contributed by atoms with Crippen molar-refractivity contribution in [2.45, 2.75) is 18.9 Å². The molecule has 2 heterocycles. The summed E-state index contributed by atoms with van der Waals surface area (Å²) in [5, 5.41) is 5.13. The van der Waals surface area contributed by atoms with Crippen LogP contribution in [0.2, 0.25) is 5.02 Å². The second-order valence-electron chi connectivity index (χ2n) is 7.99. The predicted octanol–water partition coefficient (Wildman–Crippen LogP) is 5.69. The van der Waals surface area contributed by atoms with Gasteiger partial charge in [-0.25, -0.2) is 23.2 Å². The Kier molecular flexibility index (Phi) is 7.70. The number of piperidine rings is 1. The number of rotatable bonds is 5. The van der Waals surface area contributed by atoms with Crippen molar-refractivity contribution >= 4 is 52.3 Å². The van der Waals surface area contributed by atoms with Crippen LogP contribution in [0.4, 0.5) is 29.7 Å². The molecule has 0 bridgehead atoms. The molecule has 1 fully saturated rings. The molecule has 4 N–H and O–H groups in total. The van der Waals surface area contributed by atoms with E-state index in [0.717, 1.165) is 29.0 Å². The van der Waals surface area contributed by atoms with Crippen LogP contribution in [0, 0.1) is 11.6 Å². The predicted molar refractivity (Wildman–Crippen MR) is 133 cm³/mol. The van der Waals surface area contributed by atoms with Gasteiger partial charge in [0.2, 0.25) is 0 Å². The molecular formula is C24H21ClF2N4O4S. The van der Waals surface area contributed by atoms with Crippen LogP contribution in [-0.4, -0.2) is 42.1 Å². The molecule has 1 saturated heterocycles. The molecule has 0 aliphatic carbocycles. The first-order valence-corrected chi connectivity index (χ1v) is 12.1. The normalized spacial score (nSPS) is 15.3. The fourth-order valence-electron chi connectivity index (χ4n) is 3.72. The Balaban J connectivity index is 1.58. The lowest BCUT2D eigenvalue weighted by atomic mass is 10.1. The van der Waals surface area contributed by atoms with E-state index >= 15 is 0 Å². The second-order valence-corrected chi connectivity index (χ2v) is 9.48. The number of amides is 4. The number of urea groups is 2.